The zero-order valence-corrected chi connectivity index (χ0v) is 15.5. The van der Waals surface area contributed by atoms with Crippen LogP contribution < -0.4 is 20.1 Å². The van der Waals surface area contributed by atoms with Crippen LogP contribution >= 0.6 is 0 Å². The van der Waals surface area contributed by atoms with Crippen molar-refractivity contribution in [2.45, 2.75) is 32.7 Å². The van der Waals surface area contributed by atoms with Crippen molar-refractivity contribution < 1.29 is 19.2 Å². The van der Waals surface area contributed by atoms with Crippen LogP contribution in [0.2, 0.25) is 0 Å². The molecule has 0 saturated carbocycles. The van der Waals surface area contributed by atoms with E-state index >= 15 is 0 Å². The summed E-state index contributed by atoms with van der Waals surface area (Å²) in [6.45, 7) is 4.02. The van der Waals surface area contributed by atoms with Crippen LogP contribution in [0.25, 0.3) is 0 Å². The summed E-state index contributed by atoms with van der Waals surface area (Å²) in [4.78, 5) is 22.4. The number of nitrogens with one attached hydrogen (secondary N) is 2. The summed E-state index contributed by atoms with van der Waals surface area (Å²) < 4.78 is 11.0. The third kappa shape index (κ3) is 5.60. The van der Waals surface area contributed by atoms with Crippen LogP contribution in [0.5, 0.6) is 17.2 Å². The van der Waals surface area contributed by atoms with Gasteiger partial charge in [0.2, 0.25) is 0 Å². The van der Waals surface area contributed by atoms with Crippen molar-refractivity contribution in [2.75, 3.05) is 12.4 Å². The highest BCUT2D eigenvalue weighted by Crippen LogP contribution is 2.34. The lowest BCUT2D eigenvalue weighted by Crippen LogP contribution is -2.37. The number of hydrogen-bond donors (Lipinski definition) is 2. The molecule has 0 aliphatic carbocycles. The number of carbonyl (C=O) groups excluding carboxylic acids is 1. The van der Waals surface area contributed by atoms with Gasteiger partial charge in [0.25, 0.3) is 5.69 Å². The summed E-state index contributed by atoms with van der Waals surface area (Å²) in [6, 6.07) is 10.5. The lowest BCUT2D eigenvalue weighted by atomic mass is 10.2. The number of hydrogen-bond acceptors (Lipinski definition) is 5. The molecule has 144 valence electrons. The molecule has 27 heavy (non-hydrogen) atoms. The maximum absolute atomic E-state index is 12.1. The molecule has 2 rings (SSSR count). The van der Waals surface area contributed by atoms with Gasteiger partial charge in [-0.05, 0) is 37.1 Å². The van der Waals surface area contributed by atoms with E-state index in [1.807, 2.05) is 13.8 Å². The molecule has 8 nitrogen and oxygen atoms in total. The van der Waals surface area contributed by atoms with Crippen molar-refractivity contribution in [3.63, 3.8) is 0 Å². The van der Waals surface area contributed by atoms with Gasteiger partial charge in [-0.25, -0.2) is 4.79 Å². The van der Waals surface area contributed by atoms with Gasteiger partial charge in [0, 0.05) is 29.9 Å². The molecule has 0 fully saturated rings. The van der Waals surface area contributed by atoms with Crippen LogP contribution in [0.1, 0.15) is 26.7 Å². The lowest BCUT2D eigenvalue weighted by molar-refractivity contribution is -0.384. The maximum atomic E-state index is 12.1. The quantitative estimate of drug-likeness (QED) is 0.515. The third-order valence-electron chi connectivity index (χ3n) is 4.02. The Kier molecular flexibility index (Phi) is 6.99. The molecule has 0 unspecified atom stereocenters. The molecule has 0 bridgehead atoms. The Labute approximate surface area is 157 Å². The molecule has 0 aromatic heterocycles. The number of amides is 2. The normalized spacial score (nSPS) is 10.4. The number of carbonyl (C=O) groups is 1. The Morgan fingerprint density at radius 1 is 1.11 bits per heavy atom. The van der Waals surface area contributed by atoms with Crippen molar-refractivity contribution in [1.82, 2.24) is 5.32 Å². The fourth-order valence-electron chi connectivity index (χ4n) is 2.44. The Hall–Kier alpha value is -3.29. The van der Waals surface area contributed by atoms with E-state index in [0.717, 1.165) is 12.8 Å². The fraction of sp³-hybridized carbons (Fsp3) is 0.316. The minimum Gasteiger partial charge on any atom is -0.493 e. The van der Waals surface area contributed by atoms with E-state index in [1.54, 1.807) is 18.2 Å². The zero-order chi connectivity index (χ0) is 19.8. The van der Waals surface area contributed by atoms with E-state index in [-0.39, 0.29) is 17.8 Å². The SMILES string of the molecule is CCC(CC)NC(=O)Nc1ccc(OC)c(Oc2ccc([N+](=O)[O-])cc2)c1. The average molecular weight is 373 g/mol. The molecule has 0 heterocycles. The number of methoxy groups -OCH3 is 1. The molecule has 2 amide bonds. The first-order valence-corrected chi connectivity index (χ1v) is 8.64. The van der Waals surface area contributed by atoms with Gasteiger partial charge >= 0.3 is 6.03 Å². The monoisotopic (exact) mass is 373 g/mol. The lowest BCUT2D eigenvalue weighted by Gasteiger charge is -2.16. The van der Waals surface area contributed by atoms with Gasteiger partial charge in [0.1, 0.15) is 5.75 Å². The number of nitro benzene ring substituents is 1. The second-order valence-corrected chi connectivity index (χ2v) is 5.83. The number of ether oxygens (including phenoxy) is 2. The first-order valence-electron chi connectivity index (χ1n) is 8.64. The van der Waals surface area contributed by atoms with Crippen LogP contribution in [0.15, 0.2) is 42.5 Å². The van der Waals surface area contributed by atoms with Gasteiger partial charge in [-0.2, -0.15) is 0 Å². The summed E-state index contributed by atoms with van der Waals surface area (Å²) in [5, 5.41) is 16.4. The van der Waals surface area contributed by atoms with Gasteiger partial charge in [-0.1, -0.05) is 13.8 Å². The summed E-state index contributed by atoms with van der Waals surface area (Å²) in [5.74, 6) is 1.27. The maximum Gasteiger partial charge on any atom is 0.319 e. The summed E-state index contributed by atoms with van der Waals surface area (Å²) >= 11 is 0. The minimum absolute atomic E-state index is 0.0252. The second kappa shape index (κ2) is 9.42. The number of anilines is 1. The van der Waals surface area contributed by atoms with Crippen molar-refractivity contribution in [3.8, 4) is 17.2 Å². The molecule has 2 N–H and O–H groups in total. The molecule has 2 aromatic rings. The van der Waals surface area contributed by atoms with E-state index in [1.165, 1.54) is 31.4 Å². The smallest absolute Gasteiger partial charge is 0.319 e. The van der Waals surface area contributed by atoms with Crippen molar-refractivity contribution in [3.05, 3.63) is 52.6 Å². The topological polar surface area (TPSA) is 103 Å². The van der Waals surface area contributed by atoms with Crippen LogP contribution in [0.4, 0.5) is 16.2 Å². The molecule has 0 atom stereocenters. The Balaban J connectivity index is 2.14. The van der Waals surface area contributed by atoms with Gasteiger partial charge < -0.3 is 20.1 Å². The van der Waals surface area contributed by atoms with Crippen LogP contribution in [0, 0.1) is 10.1 Å². The Morgan fingerprint density at radius 2 is 1.78 bits per heavy atom. The predicted octanol–water partition coefficient (Wildman–Crippen LogP) is 4.71. The molecular weight excluding hydrogens is 350 g/mol. The molecular formula is C19H23N3O5. The highest BCUT2D eigenvalue weighted by Gasteiger charge is 2.12. The Bertz CT molecular complexity index is 788. The summed E-state index contributed by atoms with van der Waals surface area (Å²) in [6.07, 6.45) is 1.70. The standard InChI is InChI=1S/C19H23N3O5/c1-4-13(5-2)20-19(23)21-14-6-11-17(26-3)18(12-14)27-16-9-7-15(8-10-16)22(24)25/h6-13H,4-5H2,1-3H3,(H2,20,21,23). The fourth-order valence-corrected chi connectivity index (χ4v) is 2.44. The number of urea groups is 1. The zero-order valence-electron chi connectivity index (χ0n) is 15.5. The highest BCUT2D eigenvalue weighted by atomic mass is 16.6. The van der Waals surface area contributed by atoms with Crippen molar-refractivity contribution >= 4 is 17.4 Å². The van der Waals surface area contributed by atoms with Crippen LogP contribution in [-0.2, 0) is 0 Å². The van der Waals surface area contributed by atoms with E-state index in [9.17, 15) is 14.9 Å². The minimum atomic E-state index is -0.479. The largest absolute Gasteiger partial charge is 0.493 e. The van der Waals surface area contributed by atoms with Gasteiger partial charge in [0.05, 0.1) is 12.0 Å². The average Bonchev–Trinajstić information content (AvgIpc) is 2.66. The van der Waals surface area contributed by atoms with Crippen LogP contribution in [0.3, 0.4) is 0 Å². The number of nitrogens with zero attached hydrogens (tertiary/aromatic N) is 1. The highest BCUT2D eigenvalue weighted by molar-refractivity contribution is 5.89. The number of benzene rings is 2. The van der Waals surface area contributed by atoms with E-state index in [4.69, 9.17) is 9.47 Å². The van der Waals surface area contributed by atoms with Gasteiger partial charge in [-0.3, -0.25) is 10.1 Å². The van der Waals surface area contributed by atoms with E-state index in [0.29, 0.717) is 22.9 Å². The molecule has 0 radical (unpaired) electrons. The third-order valence-corrected chi connectivity index (χ3v) is 4.02. The Morgan fingerprint density at radius 3 is 2.33 bits per heavy atom. The summed E-state index contributed by atoms with van der Waals surface area (Å²) in [7, 11) is 1.50. The number of rotatable bonds is 8. The second-order valence-electron chi connectivity index (χ2n) is 5.83. The number of non-ortho nitro benzene ring substituents is 1. The molecule has 0 spiro atoms. The molecule has 0 saturated heterocycles. The summed E-state index contributed by atoms with van der Waals surface area (Å²) in [5.41, 5.74) is 0.513. The van der Waals surface area contributed by atoms with Crippen molar-refractivity contribution in [1.29, 1.82) is 0 Å². The molecule has 2 aromatic carbocycles. The van der Waals surface area contributed by atoms with Crippen LogP contribution in [-0.4, -0.2) is 24.1 Å². The molecule has 0 aliphatic rings. The van der Waals surface area contributed by atoms with E-state index in [2.05, 4.69) is 10.6 Å². The molecule has 0 aliphatic heterocycles. The van der Waals surface area contributed by atoms with E-state index < -0.39 is 4.92 Å². The van der Waals surface area contributed by atoms with Crippen molar-refractivity contribution in [2.24, 2.45) is 0 Å². The number of nitro groups is 1. The van der Waals surface area contributed by atoms with Gasteiger partial charge in [0.15, 0.2) is 11.5 Å². The van der Waals surface area contributed by atoms with Gasteiger partial charge in [-0.15, -0.1) is 0 Å². The predicted molar refractivity (Wildman–Crippen MR) is 103 cm³/mol. The molecule has 8 heteroatoms. The first-order chi connectivity index (χ1) is 13.0. The first kappa shape index (κ1) is 20.0.